The Kier molecular flexibility index (Phi) is 9.74. The third-order valence-electron chi connectivity index (χ3n) is 3.54. The van der Waals surface area contributed by atoms with Crippen molar-refractivity contribution in [3.8, 4) is 0 Å². The van der Waals surface area contributed by atoms with Crippen molar-refractivity contribution in [2.75, 3.05) is 25.4 Å². The molecule has 0 saturated carbocycles. The van der Waals surface area contributed by atoms with Crippen LogP contribution in [0, 0.1) is 0 Å². The number of guanidine groups is 1. The van der Waals surface area contributed by atoms with Crippen molar-refractivity contribution in [1.29, 1.82) is 0 Å². The summed E-state index contributed by atoms with van der Waals surface area (Å²) < 4.78 is 0. The fourth-order valence-electron chi connectivity index (χ4n) is 2.31. The zero-order chi connectivity index (χ0) is 15.1. The van der Waals surface area contributed by atoms with E-state index >= 15 is 0 Å². The van der Waals surface area contributed by atoms with E-state index in [2.05, 4.69) is 47.7 Å². The van der Waals surface area contributed by atoms with Gasteiger partial charge in [-0.1, -0.05) is 13.8 Å². The number of nitrogens with one attached hydrogen (secondary N) is 1. The molecule has 1 N–H and O–H groups in total. The average Bonchev–Trinajstić information content (AvgIpc) is 2.99. The Labute approximate surface area is 159 Å². The molecule has 126 valence electrons. The molecule has 0 amide bonds. The number of thioether (sulfide) groups is 1. The number of aryl methyl sites for hydroxylation is 1. The summed E-state index contributed by atoms with van der Waals surface area (Å²) in [5.74, 6) is 2.24. The highest BCUT2D eigenvalue weighted by Crippen LogP contribution is 2.21. The monoisotopic (exact) mass is 454 g/mol. The highest BCUT2D eigenvalue weighted by molar-refractivity contribution is 14.0. The number of hydrogen-bond donors (Lipinski definition) is 1. The van der Waals surface area contributed by atoms with Gasteiger partial charge in [0.05, 0.1) is 6.54 Å². The maximum Gasteiger partial charge on any atom is 0.194 e. The van der Waals surface area contributed by atoms with Gasteiger partial charge in [0, 0.05) is 41.7 Å². The van der Waals surface area contributed by atoms with E-state index in [0.29, 0.717) is 6.54 Å². The predicted octanol–water partition coefficient (Wildman–Crippen LogP) is 3.62. The number of aromatic nitrogens is 1. The Balaban J connectivity index is 0.00000242. The number of hydrogen-bond acceptors (Lipinski definition) is 4. The third kappa shape index (κ3) is 5.88. The second-order valence-corrected chi connectivity index (χ2v) is 7.70. The molecule has 1 saturated heterocycles. The Hall–Kier alpha value is -0.0200. The van der Waals surface area contributed by atoms with E-state index in [1.165, 1.54) is 17.1 Å². The van der Waals surface area contributed by atoms with Gasteiger partial charge in [-0.2, -0.15) is 11.8 Å². The number of nitrogens with zero attached hydrogens (tertiary/aromatic N) is 3. The zero-order valence-electron chi connectivity index (χ0n) is 13.7. The minimum Gasteiger partial charge on any atom is -0.357 e. The molecular formula is C15H27IN4S2. The van der Waals surface area contributed by atoms with Crippen LogP contribution in [-0.2, 0) is 13.0 Å². The molecule has 1 aliphatic heterocycles. The Morgan fingerprint density at radius 3 is 2.91 bits per heavy atom. The average molecular weight is 454 g/mol. The molecule has 1 aromatic rings. The molecule has 1 unspecified atom stereocenters. The van der Waals surface area contributed by atoms with Crippen LogP contribution < -0.4 is 5.32 Å². The fraction of sp³-hybridized carbons (Fsp3) is 0.733. The van der Waals surface area contributed by atoms with Gasteiger partial charge in [0.1, 0.15) is 5.01 Å². The Morgan fingerprint density at radius 1 is 1.45 bits per heavy atom. The number of halogens is 1. The molecule has 4 nitrogen and oxygen atoms in total. The first-order chi connectivity index (χ1) is 10.3. The number of thiazole rings is 1. The summed E-state index contributed by atoms with van der Waals surface area (Å²) in [6, 6.07) is 0. The van der Waals surface area contributed by atoms with Crippen molar-refractivity contribution in [3.63, 3.8) is 0 Å². The van der Waals surface area contributed by atoms with Crippen LogP contribution in [0.5, 0.6) is 0 Å². The van der Waals surface area contributed by atoms with Gasteiger partial charge < -0.3 is 10.2 Å². The lowest BCUT2D eigenvalue weighted by Crippen LogP contribution is -2.48. The first-order valence-electron chi connectivity index (χ1n) is 7.85. The minimum atomic E-state index is 0. The first-order valence-corrected chi connectivity index (χ1v) is 9.71. The zero-order valence-corrected chi connectivity index (χ0v) is 17.6. The van der Waals surface area contributed by atoms with Gasteiger partial charge in [0.25, 0.3) is 0 Å². The molecule has 1 atom stereocenters. The summed E-state index contributed by atoms with van der Waals surface area (Å²) in [7, 11) is 0. The van der Waals surface area contributed by atoms with Crippen LogP contribution in [0.1, 0.15) is 37.1 Å². The first kappa shape index (κ1) is 20.0. The molecular weight excluding hydrogens is 427 g/mol. The lowest BCUT2D eigenvalue weighted by molar-refractivity contribution is 0.408. The van der Waals surface area contributed by atoms with E-state index in [1.807, 2.05) is 6.20 Å². The SMILES string of the molecule is CCNC(=NCc1ncc(CC)s1)N1CCSC(CC)C1.I. The van der Waals surface area contributed by atoms with Crippen LogP contribution in [0.3, 0.4) is 0 Å². The second kappa shape index (κ2) is 10.7. The molecule has 0 aromatic carbocycles. The van der Waals surface area contributed by atoms with E-state index < -0.39 is 0 Å². The van der Waals surface area contributed by atoms with Crippen LogP contribution in [0.15, 0.2) is 11.2 Å². The van der Waals surface area contributed by atoms with Crippen molar-refractivity contribution in [3.05, 3.63) is 16.1 Å². The van der Waals surface area contributed by atoms with Crippen molar-refractivity contribution < 1.29 is 0 Å². The van der Waals surface area contributed by atoms with Crippen molar-refractivity contribution in [2.45, 2.75) is 45.4 Å². The van der Waals surface area contributed by atoms with Crippen molar-refractivity contribution in [2.24, 2.45) is 4.99 Å². The Bertz CT molecular complexity index is 464. The van der Waals surface area contributed by atoms with Gasteiger partial charge in [-0.25, -0.2) is 9.98 Å². The molecule has 1 aromatic heterocycles. The molecule has 0 aliphatic carbocycles. The molecule has 2 rings (SSSR count). The molecule has 1 aliphatic rings. The standard InChI is InChI=1S/C15H26N4S2.HI/c1-4-12-9-17-14(21-12)10-18-15(16-6-3)19-7-8-20-13(5-2)11-19;/h9,13H,4-8,10-11H2,1-3H3,(H,16,18);1H. The highest BCUT2D eigenvalue weighted by atomic mass is 127. The normalized spacial score (nSPS) is 19.0. The van der Waals surface area contributed by atoms with Gasteiger partial charge in [0.2, 0.25) is 0 Å². The van der Waals surface area contributed by atoms with Gasteiger partial charge in [-0.15, -0.1) is 35.3 Å². The fourth-order valence-corrected chi connectivity index (χ4v) is 4.28. The predicted molar refractivity (Wildman–Crippen MR) is 110 cm³/mol. The molecule has 0 radical (unpaired) electrons. The minimum absolute atomic E-state index is 0. The molecule has 0 spiro atoms. The van der Waals surface area contributed by atoms with Gasteiger partial charge in [-0.05, 0) is 19.8 Å². The maximum atomic E-state index is 4.79. The number of aliphatic imine (C=N–C) groups is 1. The van der Waals surface area contributed by atoms with Gasteiger partial charge >= 0.3 is 0 Å². The maximum absolute atomic E-state index is 4.79. The van der Waals surface area contributed by atoms with Crippen LogP contribution >= 0.6 is 47.1 Å². The molecule has 22 heavy (non-hydrogen) atoms. The summed E-state index contributed by atoms with van der Waals surface area (Å²) in [6.45, 7) is 10.4. The van der Waals surface area contributed by atoms with Crippen molar-refractivity contribution in [1.82, 2.24) is 15.2 Å². The quantitative estimate of drug-likeness (QED) is 0.419. The summed E-state index contributed by atoms with van der Waals surface area (Å²) in [6.07, 6.45) is 4.27. The summed E-state index contributed by atoms with van der Waals surface area (Å²) in [4.78, 5) is 13.0. The largest absolute Gasteiger partial charge is 0.357 e. The smallest absolute Gasteiger partial charge is 0.194 e. The summed E-state index contributed by atoms with van der Waals surface area (Å²) in [5, 5.41) is 5.27. The lowest BCUT2D eigenvalue weighted by Gasteiger charge is -2.34. The van der Waals surface area contributed by atoms with E-state index in [4.69, 9.17) is 4.99 Å². The van der Waals surface area contributed by atoms with Crippen LogP contribution in [0.25, 0.3) is 0 Å². The van der Waals surface area contributed by atoms with E-state index in [1.54, 1.807) is 11.3 Å². The van der Waals surface area contributed by atoms with Crippen LogP contribution in [0.2, 0.25) is 0 Å². The molecule has 1 fully saturated rings. The summed E-state index contributed by atoms with van der Waals surface area (Å²) >= 11 is 3.86. The molecule has 7 heteroatoms. The molecule has 2 heterocycles. The highest BCUT2D eigenvalue weighted by Gasteiger charge is 2.21. The Morgan fingerprint density at radius 2 is 2.27 bits per heavy atom. The van der Waals surface area contributed by atoms with Crippen LogP contribution in [0.4, 0.5) is 0 Å². The van der Waals surface area contributed by atoms with E-state index in [9.17, 15) is 0 Å². The topological polar surface area (TPSA) is 40.5 Å². The molecule has 0 bridgehead atoms. The van der Waals surface area contributed by atoms with Gasteiger partial charge in [0.15, 0.2) is 5.96 Å². The lowest BCUT2D eigenvalue weighted by atomic mass is 10.3. The second-order valence-electron chi connectivity index (χ2n) is 5.09. The van der Waals surface area contributed by atoms with Crippen molar-refractivity contribution >= 4 is 53.0 Å². The van der Waals surface area contributed by atoms with Gasteiger partial charge in [-0.3, -0.25) is 0 Å². The van der Waals surface area contributed by atoms with E-state index in [-0.39, 0.29) is 24.0 Å². The number of rotatable bonds is 5. The third-order valence-corrected chi connectivity index (χ3v) is 6.04. The van der Waals surface area contributed by atoms with E-state index in [0.717, 1.165) is 42.3 Å². The summed E-state index contributed by atoms with van der Waals surface area (Å²) in [5.41, 5.74) is 0. The van der Waals surface area contributed by atoms with Crippen LogP contribution in [-0.4, -0.2) is 46.5 Å².